The molecule has 23 heavy (non-hydrogen) atoms. The summed E-state index contributed by atoms with van der Waals surface area (Å²) in [5.74, 6) is 2.18. The number of likely N-dealkylation sites (tertiary alicyclic amines) is 2. The lowest BCUT2D eigenvalue weighted by atomic mass is 9.89. The van der Waals surface area contributed by atoms with Crippen molar-refractivity contribution in [3.05, 3.63) is 29.8 Å². The van der Waals surface area contributed by atoms with Gasteiger partial charge in [-0.1, -0.05) is 12.1 Å². The van der Waals surface area contributed by atoms with E-state index in [-0.39, 0.29) is 5.91 Å². The molecule has 1 amide bonds. The molecule has 0 radical (unpaired) electrons. The summed E-state index contributed by atoms with van der Waals surface area (Å²) in [4.78, 5) is 16.7. The third-order valence-corrected chi connectivity index (χ3v) is 5.22. The van der Waals surface area contributed by atoms with Crippen LogP contribution in [0.1, 0.15) is 18.0 Å². The molecular weight excluding hydrogens is 292 g/mol. The van der Waals surface area contributed by atoms with Crippen molar-refractivity contribution in [2.75, 3.05) is 47.5 Å². The molecule has 0 aromatic heterocycles. The number of hydrogen-bond donors (Lipinski definition) is 0. The van der Waals surface area contributed by atoms with Gasteiger partial charge in [0.05, 0.1) is 20.1 Å². The maximum atomic E-state index is 12.3. The van der Waals surface area contributed by atoms with Crippen LogP contribution >= 0.6 is 0 Å². The quantitative estimate of drug-likeness (QED) is 0.830. The van der Waals surface area contributed by atoms with Crippen molar-refractivity contribution in [3.63, 3.8) is 0 Å². The van der Waals surface area contributed by atoms with E-state index in [4.69, 9.17) is 9.47 Å². The summed E-state index contributed by atoms with van der Waals surface area (Å²) < 4.78 is 10.3. The molecule has 3 atom stereocenters. The van der Waals surface area contributed by atoms with Gasteiger partial charge in [-0.3, -0.25) is 9.69 Å². The molecule has 5 heteroatoms. The second-order valence-corrected chi connectivity index (χ2v) is 6.62. The van der Waals surface area contributed by atoms with Crippen LogP contribution < -0.4 is 4.74 Å². The summed E-state index contributed by atoms with van der Waals surface area (Å²) >= 11 is 0. The van der Waals surface area contributed by atoms with Crippen LogP contribution in [0.25, 0.3) is 0 Å². The van der Waals surface area contributed by atoms with Crippen LogP contribution in [-0.4, -0.2) is 63.2 Å². The van der Waals surface area contributed by atoms with Crippen molar-refractivity contribution in [2.45, 2.75) is 12.5 Å². The van der Waals surface area contributed by atoms with E-state index in [0.717, 1.165) is 25.4 Å². The zero-order valence-corrected chi connectivity index (χ0v) is 14.2. The van der Waals surface area contributed by atoms with Crippen LogP contribution in [0.4, 0.5) is 0 Å². The first kappa shape index (κ1) is 16.3. The van der Waals surface area contributed by atoms with E-state index in [9.17, 15) is 4.79 Å². The number of rotatable bonds is 5. The lowest BCUT2D eigenvalue weighted by Gasteiger charge is -2.27. The molecule has 5 nitrogen and oxygen atoms in total. The third kappa shape index (κ3) is 3.21. The van der Waals surface area contributed by atoms with E-state index in [1.807, 2.05) is 17.0 Å². The molecule has 0 spiro atoms. The first-order valence-corrected chi connectivity index (χ1v) is 8.25. The molecule has 0 N–H and O–H groups in total. The van der Waals surface area contributed by atoms with Crippen LogP contribution in [0.15, 0.2) is 24.3 Å². The van der Waals surface area contributed by atoms with E-state index in [0.29, 0.717) is 30.9 Å². The average Bonchev–Trinajstić information content (AvgIpc) is 3.09. The maximum absolute atomic E-state index is 12.3. The Morgan fingerprint density at radius 1 is 1.17 bits per heavy atom. The molecule has 2 fully saturated rings. The Hall–Kier alpha value is -1.59. The average molecular weight is 318 g/mol. The summed E-state index contributed by atoms with van der Waals surface area (Å²) in [6, 6.07) is 8.72. The van der Waals surface area contributed by atoms with E-state index >= 15 is 0 Å². The van der Waals surface area contributed by atoms with E-state index in [1.54, 1.807) is 14.2 Å². The molecule has 2 aliphatic rings. The number of nitrogens with zero attached hydrogens (tertiary/aromatic N) is 2. The molecule has 3 rings (SSSR count). The lowest BCUT2D eigenvalue weighted by molar-refractivity contribution is -0.131. The van der Waals surface area contributed by atoms with Gasteiger partial charge in [-0.2, -0.15) is 0 Å². The first-order valence-electron chi connectivity index (χ1n) is 8.25. The van der Waals surface area contributed by atoms with Gasteiger partial charge in [0, 0.05) is 38.7 Å². The molecule has 0 aliphatic carbocycles. The van der Waals surface area contributed by atoms with Crippen molar-refractivity contribution in [3.8, 4) is 5.75 Å². The molecular formula is C18H26N2O3. The number of amides is 1. The normalized spacial score (nSPS) is 27.3. The summed E-state index contributed by atoms with van der Waals surface area (Å²) in [5.41, 5.74) is 1.31. The Balaban J connectivity index is 1.71. The molecule has 126 valence electrons. The Morgan fingerprint density at radius 2 is 1.91 bits per heavy atom. The highest BCUT2D eigenvalue weighted by Gasteiger charge is 2.46. The van der Waals surface area contributed by atoms with Crippen LogP contribution in [0.2, 0.25) is 0 Å². The van der Waals surface area contributed by atoms with Gasteiger partial charge in [-0.25, -0.2) is 0 Å². The molecule has 1 aromatic carbocycles. The van der Waals surface area contributed by atoms with Gasteiger partial charge in [0.1, 0.15) is 5.75 Å². The zero-order chi connectivity index (χ0) is 16.4. The number of ether oxygens (including phenoxy) is 2. The minimum Gasteiger partial charge on any atom is -0.497 e. The van der Waals surface area contributed by atoms with Crippen molar-refractivity contribution < 1.29 is 14.3 Å². The highest BCUT2D eigenvalue weighted by Crippen LogP contribution is 2.44. The number of methoxy groups -OCH3 is 2. The monoisotopic (exact) mass is 318 g/mol. The molecule has 2 heterocycles. The zero-order valence-electron chi connectivity index (χ0n) is 14.2. The van der Waals surface area contributed by atoms with Gasteiger partial charge in [0.2, 0.25) is 5.91 Å². The summed E-state index contributed by atoms with van der Waals surface area (Å²) in [7, 11) is 5.51. The number of carbonyl (C=O) groups is 1. The van der Waals surface area contributed by atoms with Gasteiger partial charge in [0.25, 0.3) is 0 Å². The second-order valence-electron chi connectivity index (χ2n) is 6.62. The smallest absolute Gasteiger partial charge is 0.224 e. The lowest BCUT2D eigenvalue weighted by Crippen LogP contribution is -2.33. The predicted octanol–water partition coefficient (Wildman–Crippen LogP) is 1.79. The van der Waals surface area contributed by atoms with E-state index < -0.39 is 0 Å². The fourth-order valence-electron chi connectivity index (χ4n) is 4.11. The fourth-order valence-corrected chi connectivity index (χ4v) is 4.11. The minimum absolute atomic E-state index is 0.220. The van der Waals surface area contributed by atoms with Gasteiger partial charge in [-0.15, -0.1) is 0 Å². The molecule has 0 unspecified atom stereocenters. The van der Waals surface area contributed by atoms with Gasteiger partial charge in [-0.05, 0) is 30.7 Å². The Labute approximate surface area is 138 Å². The maximum Gasteiger partial charge on any atom is 0.224 e. The van der Waals surface area contributed by atoms with Crippen molar-refractivity contribution >= 4 is 5.91 Å². The molecule has 2 aliphatic heterocycles. The summed E-state index contributed by atoms with van der Waals surface area (Å²) in [6.45, 7) is 3.29. The van der Waals surface area contributed by atoms with Crippen LogP contribution in [-0.2, 0) is 9.53 Å². The Bertz CT molecular complexity index is 546. The van der Waals surface area contributed by atoms with Crippen LogP contribution in [0.5, 0.6) is 5.75 Å². The van der Waals surface area contributed by atoms with E-state index in [1.165, 1.54) is 5.56 Å². The third-order valence-electron chi connectivity index (χ3n) is 5.22. The topological polar surface area (TPSA) is 42.0 Å². The van der Waals surface area contributed by atoms with Crippen molar-refractivity contribution in [2.24, 2.45) is 11.8 Å². The number of hydrogen-bond acceptors (Lipinski definition) is 4. The van der Waals surface area contributed by atoms with Crippen LogP contribution in [0, 0.1) is 11.8 Å². The number of carbonyl (C=O) groups excluding carboxylic acids is 1. The largest absolute Gasteiger partial charge is 0.497 e. The predicted molar refractivity (Wildman–Crippen MR) is 88.4 cm³/mol. The first-order chi connectivity index (χ1) is 11.1. The van der Waals surface area contributed by atoms with Crippen molar-refractivity contribution in [1.82, 2.24) is 9.80 Å². The molecule has 2 saturated heterocycles. The Morgan fingerprint density at radius 3 is 2.57 bits per heavy atom. The highest BCUT2D eigenvalue weighted by atomic mass is 16.5. The fraction of sp³-hybridized carbons (Fsp3) is 0.611. The molecule has 1 aromatic rings. The van der Waals surface area contributed by atoms with Gasteiger partial charge in [0.15, 0.2) is 0 Å². The second kappa shape index (κ2) is 6.89. The Kier molecular flexibility index (Phi) is 4.87. The van der Waals surface area contributed by atoms with Gasteiger partial charge < -0.3 is 14.4 Å². The standard InChI is InChI=1S/C18H26N2O3/c1-19-10-14-11-20(17(21)8-9-22-2)12-16(14)18(19)13-4-6-15(23-3)7-5-13/h4-7,14,16,18H,8-12H2,1-3H3/t14-,16+,18-/m0/s1. The summed E-state index contributed by atoms with van der Waals surface area (Å²) in [5, 5.41) is 0. The van der Waals surface area contributed by atoms with Crippen LogP contribution in [0.3, 0.4) is 0 Å². The van der Waals surface area contributed by atoms with E-state index in [2.05, 4.69) is 24.1 Å². The number of fused-ring (bicyclic) bond motifs is 1. The van der Waals surface area contributed by atoms with Gasteiger partial charge >= 0.3 is 0 Å². The molecule has 0 saturated carbocycles. The van der Waals surface area contributed by atoms with Crippen molar-refractivity contribution in [1.29, 1.82) is 0 Å². The minimum atomic E-state index is 0.220. The molecule has 0 bridgehead atoms. The summed E-state index contributed by atoms with van der Waals surface area (Å²) in [6.07, 6.45) is 0.485. The highest BCUT2D eigenvalue weighted by molar-refractivity contribution is 5.76. The number of benzene rings is 1. The SMILES string of the molecule is COCCC(=O)N1C[C@@H]2CN(C)[C@@H](c3ccc(OC)cc3)[C@@H]2C1.